The monoisotopic (exact) mass is 522 g/mol. The van der Waals surface area contributed by atoms with Crippen molar-refractivity contribution in [2.24, 2.45) is 0 Å². The maximum Gasteiger partial charge on any atom is 0.328 e. The van der Waals surface area contributed by atoms with Crippen molar-refractivity contribution in [3.63, 3.8) is 0 Å². The summed E-state index contributed by atoms with van der Waals surface area (Å²) in [6.45, 7) is 3.75. The van der Waals surface area contributed by atoms with Gasteiger partial charge in [0.25, 0.3) is 5.91 Å². The van der Waals surface area contributed by atoms with Gasteiger partial charge in [-0.1, -0.05) is 54.6 Å². The fourth-order valence-electron chi connectivity index (χ4n) is 6.16. The smallest absolute Gasteiger partial charge is 0.328 e. The lowest BCUT2D eigenvalue weighted by atomic mass is 9.85. The van der Waals surface area contributed by atoms with Crippen molar-refractivity contribution < 1.29 is 14.3 Å². The van der Waals surface area contributed by atoms with Crippen molar-refractivity contribution in [1.29, 1.82) is 0 Å². The normalized spacial score (nSPS) is 17.5. The molecule has 1 spiro atoms. The second-order valence-electron chi connectivity index (χ2n) is 10.5. The van der Waals surface area contributed by atoms with E-state index in [4.69, 9.17) is 4.74 Å². The number of ether oxygens (including phenoxy) is 1. The number of piperidine rings is 1. The van der Waals surface area contributed by atoms with E-state index in [0.29, 0.717) is 31.7 Å². The van der Waals surface area contributed by atoms with Gasteiger partial charge in [-0.3, -0.25) is 14.6 Å². The van der Waals surface area contributed by atoms with E-state index in [0.717, 1.165) is 25.2 Å². The average Bonchev–Trinajstić information content (AvgIpc) is 3.56. The van der Waals surface area contributed by atoms with Gasteiger partial charge < -0.3 is 14.2 Å². The van der Waals surface area contributed by atoms with Gasteiger partial charge in [-0.2, -0.15) is 0 Å². The number of urea groups is 1. The first-order valence-electron chi connectivity index (χ1n) is 13.6. The van der Waals surface area contributed by atoms with E-state index in [-0.39, 0.29) is 18.5 Å². The summed E-state index contributed by atoms with van der Waals surface area (Å²) < 4.78 is 7.43. The Hall–Kier alpha value is -4.10. The zero-order chi connectivity index (χ0) is 26.8. The molecule has 0 atom stereocenters. The van der Waals surface area contributed by atoms with Crippen molar-refractivity contribution in [1.82, 2.24) is 19.3 Å². The van der Waals surface area contributed by atoms with Crippen LogP contribution in [0.2, 0.25) is 0 Å². The molecule has 0 unspecified atom stereocenters. The lowest BCUT2D eigenvalue weighted by molar-refractivity contribution is -0.136. The number of carbonyl (C=O) groups is 2. The Morgan fingerprint density at radius 3 is 2.36 bits per heavy atom. The number of nitrogens with zero attached hydrogens (tertiary/aromatic N) is 4. The van der Waals surface area contributed by atoms with Crippen molar-refractivity contribution >= 4 is 22.7 Å². The number of hydrogen-bond donors (Lipinski definition) is 0. The summed E-state index contributed by atoms with van der Waals surface area (Å²) in [4.78, 5) is 33.6. The number of likely N-dealkylation sites (tertiary alicyclic amines) is 1. The van der Waals surface area contributed by atoms with Crippen molar-refractivity contribution in [3.8, 4) is 5.75 Å². The van der Waals surface area contributed by atoms with Crippen molar-refractivity contribution in [2.75, 3.05) is 26.7 Å². The number of hydrogen-bond acceptors (Lipinski definition) is 4. The lowest BCUT2D eigenvalue weighted by Crippen LogP contribution is -2.57. The number of aromatic nitrogens is 1. The molecule has 7 heteroatoms. The van der Waals surface area contributed by atoms with E-state index in [2.05, 4.69) is 51.9 Å². The summed E-state index contributed by atoms with van der Waals surface area (Å²) in [5.74, 6) is 0.639. The molecule has 7 nitrogen and oxygen atoms in total. The van der Waals surface area contributed by atoms with Gasteiger partial charge in [-0.15, -0.1) is 0 Å². The highest BCUT2D eigenvalue weighted by Gasteiger charge is 2.57. The van der Waals surface area contributed by atoms with Gasteiger partial charge >= 0.3 is 6.03 Å². The number of rotatable bonds is 8. The van der Waals surface area contributed by atoms with Crippen LogP contribution in [0.1, 0.15) is 24.0 Å². The molecule has 1 aromatic heterocycles. The van der Waals surface area contributed by atoms with Gasteiger partial charge in [-0.05, 0) is 59.0 Å². The molecule has 6 rings (SSSR count). The molecule has 2 aliphatic rings. The molecular formula is C32H34N4O3. The third kappa shape index (κ3) is 4.79. The molecule has 0 saturated carbocycles. The molecule has 2 fully saturated rings. The quantitative estimate of drug-likeness (QED) is 0.301. The number of amides is 3. The van der Waals surface area contributed by atoms with Crippen LogP contribution in [0.3, 0.4) is 0 Å². The van der Waals surface area contributed by atoms with E-state index < -0.39 is 5.54 Å². The minimum atomic E-state index is -0.807. The minimum absolute atomic E-state index is 0.0763. The molecule has 3 amide bonds. The highest BCUT2D eigenvalue weighted by molar-refractivity contribution is 6.07. The Balaban J connectivity index is 1.23. The molecule has 3 aromatic carbocycles. The van der Waals surface area contributed by atoms with Gasteiger partial charge in [0, 0.05) is 45.1 Å². The Bertz CT molecular complexity index is 1470. The van der Waals surface area contributed by atoms with Crippen molar-refractivity contribution in [2.45, 2.75) is 38.0 Å². The van der Waals surface area contributed by atoms with E-state index in [1.807, 2.05) is 53.7 Å². The fourth-order valence-corrected chi connectivity index (χ4v) is 6.16. The molecule has 0 aliphatic carbocycles. The Kier molecular flexibility index (Phi) is 6.83. The highest BCUT2D eigenvalue weighted by atomic mass is 16.5. The van der Waals surface area contributed by atoms with Gasteiger partial charge in [0.15, 0.2) is 0 Å². The SMILES string of the molecule is COc1cccc(CN2C(=O)N(CCn3cccc3)C3(CCN(Cc4cccc5ccccc45)CC3)C2=O)c1. The van der Waals surface area contributed by atoms with E-state index in [1.165, 1.54) is 21.2 Å². The second-order valence-corrected chi connectivity index (χ2v) is 10.5. The molecule has 0 N–H and O–H groups in total. The summed E-state index contributed by atoms with van der Waals surface area (Å²) in [5.41, 5.74) is 1.37. The number of imide groups is 1. The standard InChI is InChI=1S/C32H34N4O3/c1-39-28-12-6-8-25(22-28)23-35-30(37)32(36(31(35)38)21-20-33-16-4-5-17-33)14-18-34(19-15-32)24-27-11-7-10-26-9-2-3-13-29(26)27/h2-13,16-17,22H,14-15,18-21,23-24H2,1H3. The van der Waals surface area contributed by atoms with E-state index in [9.17, 15) is 9.59 Å². The first-order valence-corrected chi connectivity index (χ1v) is 13.6. The summed E-state index contributed by atoms with van der Waals surface area (Å²) in [7, 11) is 1.62. The molecule has 200 valence electrons. The Morgan fingerprint density at radius 1 is 0.821 bits per heavy atom. The van der Waals surface area contributed by atoms with Crippen LogP contribution in [0.5, 0.6) is 5.75 Å². The van der Waals surface area contributed by atoms with Crippen LogP contribution < -0.4 is 4.74 Å². The number of fused-ring (bicyclic) bond motifs is 1. The van der Waals surface area contributed by atoms with Gasteiger partial charge in [-0.25, -0.2) is 4.79 Å². The fraction of sp³-hybridized carbons (Fsp3) is 0.312. The van der Waals surface area contributed by atoms with Crippen molar-refractivity contribution in [3.05, 3.63) is 102 Å². The van der Waals surface area contributed by atoms with E-state index >= 15 is 0 Å². The molecule has 2 saturated heterocycles. The van der Waals surface area contributed by atoms with Gasteiger partial charge in [0.2, 0.25) is 0 Å². The lowest BCUT2D eigenvalue weighted by Gasteiger charge is -2.42. The Morgan fingerprint density at radius 2 is 1.56 bits per heavy atom. The molecule has 2 aliphatic heterocycles. The van der Waals surface area contributed by atoms with Gasteiger partial charge in [0.05, 0.1) is 13.7 Å². The molecule has 4 aromatic rings. The maximum absolute atomic E-state index is 14.1. The molecule has 0 bridgehead atoms. The minimum Gasteiger partial charge on any atom is -0.497 e. The van der Waals surface area contributed by atoms with Crippen LogP contribution >= 0.6 is 0 Å². The third-order valence-corrected chi connectivity index (χ3v) is 8.30. The largest absolute Gasteiger partial charge is 0.497 e. The van der Waals surface area contributed by atoms with Crippen LogP contribution in [-0.2, 0) is 24.4 Å². The van der Waals surface area contributed by atoms with Crippen LogP contribution in [0.15, 0.2) is 91.3 Å². The first kappa shape index (κ1) is 25.2. The molecule has 0 radical (unpaired) electrons. The maximum atomic E-state index is 14.1. The zero-order valence-electron chi connectivity index (χ0n) is 22.3. The summed E-state index contributed by atoms with van der Waals surface area (Å²) in [5, 5.41) is 2.51. The summed E-state index contributed by atoms with van der Waals surface area (Å²) in [6, 6.07) is 26.3. The topological polar surface area (TPSA) is 58.0 Å². The molecule has 3 heterocycles. The first-order chi connectivity index (χ1) is 19.1. The number of methoxy groups -OCH3 is 1. The van der Waals surface area contributed by atoms with Gasteiger partial charge in [0.1, 0.15) is 11.3 Å². The molecule has 39 heavy (non-hydrogen) atoms. The third-order valence-electron chi connectivity index (χ3n) is 8.30. The summed E-state index contributed by atoms with van der Waals surface area (Å²) >= 11 is 0. The second kappa shape index (κ2) is 10.6. The van der Waals surface area contributed by atoms with E-state index in [1.54, 1.807) is 7.11 Å². The zero-order valence-corrected chi connectivity index (χ0v) is 22.3. The van der Waals surface area contributed by atoms with Crippen LogP contribution in [0, 0.1) is 0 Å². The van der Waals surface area contributed by atoms with Crippen LogP contribution in [0.4, 0.5) is 4.79 Å². The van der Waals surface area contributed by atoms with Crippen LogP contribution in [-0.4, -0.2) is 63.5 Å². The number of carbonyl (C=O) groups excluding carboxylic acids is 2. The highest BCUT2D eigenvalue weighted by Crippen LogP contribution is 2.38. The van der Waals surface area contributed by atoms with Crippen LogP contribution in [0.25, 0.3) is 10.8 Å². The average molecular weight is 523 g/mol. The predicted octanol–water partition coefficient (Wildman–Crippen LogP) is 5.15. The molecular weight excluding hydrogens is 488 g/mol. The predicted molar refractivity (Wildman–Crippen MR) is 151 cm³/mol. The number of benzene rings is 3. The summed E-state index contributed by atoms with van der Waals surface area (Å²) in [6.07, 6.45) is 5.25. The Labute approximate surface area is 229 Å².